The summed E-state index contributed by atoms with van der Waals surface area (Å²) < 4.78 is 54.5. The highest BCUT2D eigenvalue weighted by molar-refractivity contribution is 7.92. The summed E-state index contributed by atoms with van der Waals surface area (Å²) in [5.41, 5.74) is 5.72. The number of hydrogen-bond acceptors (Lipinski definition) is 10. The summed E-state index contributed by atoms with van der Waals surface area (Å²) >= 11 is 0. The van der Waals surface area contributed by atoms with Gasteiger partial charge < -0.3 is 16.0 Å². The molecule has 1 amide bonds. The number of amides is 1. The monoisotopic (exact) mass is 498 g/mol. The topological polar surface area (TPSA) is 202 Å². The number of carbonyl (C=O) groups excluding carboxylic acids is 1. The van der Waals surface area contributed by atoms with E-state index in [1.807, 2.05) is 0 Å². The zero-order chi connectivity index (χ0) is 23.8. The third-order valence-electron chi connectivity index (χ3n) is 5.88. The minimum absolute atomic E-state index is 0.0160. The Kier molecular flexibility index (Phi) is 6.61. The van der Waals surface area contributed by atoms with E-state index in [0.29, 0.717) is 32.5 Å². The van der Waals surface area contributed by atoms with Crippen LogP contribution < -0.4 is 25.8 Å². The highest BCUT2D eigenvalue weighted by Crippen LogP contribution is 2.36. The average Bonchev–Trinajstić information content (AvgIpc) is 3.46. The van der Waals surface area contributed by atoms with E-state index in [1.165, 1.54) is 11.0 Å². The first-order valence-electron chi connectivity index (χ1n) is 10.5. The van der Waals surface area contributed by atoms with E-state index in [4.69, 9.17) is 10.9 Å². The van der Waals surface area contributed by atoms with Crippen LogP contribution in [-0.4, -0.2) is 67.5 Å². The number of piperidine rings is 1. The second-order valence-electron chi connectivity index (χ2n) is 8.15. The standard InChI is InChI=1S/C18H26N8O5S2/c19-8-11-4-6-26(15(27)7-11)13-1-2-14(33(30,31)25-12-3-5-21-9-12)17(32(20,28)29)16(13)18-22-10-23-24-18/h1-2,11-12,21,25H,3-10,19H2,(H2,20,28,29)/t11?,12-/m1/s1. The first-order chi connectivity index (χ1) is 15.6. The van der Waals surface area contributed by atoms with E-state index in [-0.39, 0.29) is 48.5 Å². The molecule has 3 aliphatic heterocycles. The zero-order valence-corrected chi connectivity index (χ0v) is 19.4. The van der Waals surface area contributed by atoms with Gasteiger partial charge in [0.15, 0.2) is 12.5 Å². The number of aliphatic imine (C=N–C) groups is 1. The van der Waals surface area contributed by atoms with Crippen LogP contribution in [-0.2, 0) is 24.8 Å². The van der Waals surface area contributed by atoms with E-state index >= 15 is 0 Å². The number of carbonyl (C=O) groups is 1. The quantitative estimate of drug-likeness (QED) is 0.363. The second-order valence-corrected chi connectivity index (χ2v) is 11.3. The largest absolute Gasteiger partial charge is 0.330 e. The lowest BCUT2D eigenvalue weighted by Gasteiger charge is -2.33. The third kappa shape index (κ3) is 4.83. The predicted octanol–water partition coefficient (Wildman–Crippen LogP) is -1.15. The molecule has 1 aromatic rings. The van der Waals surface area contributed by atoms with Gasteiger partial charge in [0.1, 0.15) is 9.79 Å². The molecule has 13 nitrogen and oxygen atoms in total. The molecule has 1 aromatic carbocycles. The van der Waals surface area contributed by atoms with Crippen LogP contribution in [0.15, 0.2) is 37.1 Å². The molecule has 3 heterocycles. The van der Waals surface area contributed by atoms with Crippen molar-refractivity contribution in [2.45, 2.75) is 35.1 Å². The highest BCUT2D eigenvalue weighted by atomic mass is 32.2. The molecular weight excluding hydrogens is 472 g/mol. The molecule has 15 heteroatoms. The molecule has 0 spiro atoms. The summed E-state index contributed by atoms with van der Waals surface area (Å²) in [7, 11) is -8.87. The number of hydrogen-bond donors (Lipinski definition) is 4. The lowest BCUT2D eigenvalue weighted by atomic mass is 9.95. The van der Waals surface area contributed by atoms with Gasteiger partial charge in [0.25, 0.3) is 0 Å². The van der Waals surface area contributed by atoms with Gasteiger partial charge in [-0.05, 0) is 44.0 Å². The van der Waals surface area contributed by atoms with Gasteiger partial charge in [-0.1, -0.05) is 0 Å². The Morgan fingerprint density at radius 3 is 2.58 bits per heavy atom. The van der Waals surface area contributed by atoms with Crippen molar-refractivity contribution in [3.63, 3.8) is 0 Å². The van der Waals surface area contributed by atoms with Gasteiger partial charge in [-0.15, -0.1) is 5.11 Å². The number of azo groups is 1. The van der Waals surface area contributed by atoms with Crippen molar-refractivity contribution < 1.29 is 21.6 Å². The summed E-state index contributed by atoms with van der Waals surface area (Å²) in [4.78, 5) is 17.2. The van der Waals surface area contributed by atoms with Gasteiger partial charge in [0.2, 0.25) is 26.0 Å². The van der Waals surface area contributed by atoms with Crippen LogP contribution in [0.5, 0.6) is 0 Å². The maximum absolute atomic E-state index is 13.2. The molecular formula is C18H26N8O5S2. The fourth-order valence-electron chi connectivity index (χ4n) is 4.24. The van der Waals surface area contributed by atoms with Gasteiger partial charge >= 0.3 is 0 Å². The van der Waals surface area contributed by atoms with E-state index < -0.39 is 35.9 Å². The predicted molar refractivity (Wildman–Crippen MR) is 120 cm³/mol. The summed E-state index contributed by atoms with van der Waals surface area (Å²) in [5.74, 6) is -0.343. The summed E-state index contributed by atoms with van der Waals surface area (Å²) in [6.45, 7) is 1.64. The first kappa shape index (κ1) is 23.8. The Hall–Kier alpha value is -2.30. The fraction of sp³-hybridized carbons (Fsp3) is 0.556. The van der Waals surface area contributed by atoms with Gasteiger partial charge in [0.05, 0.1) is 11.3 Å². The van der Waals surface area contributed by atoms with Crippen LogP contribution in [0.3, 0.4) is 0 Å². The van der Waals surface area contributed by atoms with Crippen molar-refractivity contribution in [3.8, 4) is 0 Å². The maximum atomic E-state index is 13.2. The van der Waals surface area contributed by atoms with Crippen molar-refractivity contribution in [2.24, 2.45) is 32.0 Å². The van der Waals surface area contributed by atoms with E-state index in [2.05, 4.69) is 25.3 Å². The number of sulfonamides is 2. The SMILES string of the molecule is NCC1CCN(c2ccc(S(=O)(=O)N[C@@H]3CCNC3)c(S(N)(=O)=O)c2C2=NCN=N2)C(=O)C1. The fourth-order valence-corrected chi connectivity index (χ4v) is 7.10. The molecule has 1 unspecified atom stereocenters. The van der Waals surface area contributed by atoms with Crippen molar-refractivity contribution in [3.05, 3.63) is 17.7 Å². The molecule has 2 fully saturated rings. The van der Waals surface area contributed by atoms with Crippen LogP contribution in [0.2, 0.25) is 0 Å². The van der Waals surface area contributed by atoms with Crippen molar-refractivity contribution >= 4 is 37.5 Å². The molecule has 33 heavy (non-hydrogen) atoms. The smallest absolute Gasteiger partial charge is 0.242 e. The molecule has 4 rings (SSSR count). The summed E-state index contributed by atoms with van der Waals surface area (Å²) in [5, 5.41) is 16.2. The lowest BCUT2D eigenvalue weighted by Crippen LogP contribution is -2.42. The Morgan fingerprint density at radius 2 is 2.00 bits per heavy atom. The number of nitrogens with zero attached hydrogens (tertiary/aromatic N) is 4. The molecule has 180 valence electrons. The molecule has 6 N–H and O–H groups in total. The number of benzene rings is 1. The first-order valence-corrected chi connectivity index (χ1v) is 13.5. The molecule has 0 saturated carbocycles. The number of primary sulfonamides is 1. The molecule has 0 aromatic heterocycles. The normalized spacial score (nSPS) is 23.9. The van der Waals surface area contributed by atoms with Crippen LogP contribution in [0.1, 0.15) is 24.8 Å². The third-order valence-corrected chi connectivity index (χ3v) is 8.56. The van der Waals surface area contributed by atoms with Crippen molar-refractivity contribution in [1.82, 2.24) is 10.0 Å². The Morgan fingerprint density at radius 1 is 1.21 bits per heavy atom. The minimum atomic E-state index is -4.59. The molecule has 0 radical (unpaired) electrons. The maximum Gasteiger partial charge on any atom is 0.242 e. The van der Waals surface area contributed by atoms with E-state index in [1.54, 1.807) is 0 Å². The van der Waals surface area contributed by atoms with Gasteiger partial charge in [-0.2, -0.15) is 5.11 Å². The number of anilines is 1. The van der Waals surface area contributed by atoms with E-state index in [0.717, 1.165) is 6.07 Å². The number of rotatable bonds is 7. The number of amidine groups is 1. The van der Waals surface area contributed by atoms with Gasteiger partial charge in [-0.3, -0.25) is 4.79 Å². The average molecular weight is 499 g/mol. The van der Waals surface area contributed by atoms with E-state index in [9.17, 15) is 21.6 Å². The molecule has 3 aliphatic rings. The second kappa shape index (κ2) is 9.15. The summed E-state index contributed by atoms with van der Waals surface area (Å²) in [6.07, 6.45) is 1.35. The summed E-state index contributed by atoms with van der Waals surface area (Å²) in [6, 6.07) is 2.15. The van der Waals surface area contributed by atoms with Crippen LogP contribution in [0.4, 0.5) is 5.69 Å². The van der Waals surface area contributed by atoms with Crippen LogP contribution >= 0.6 is 0 Å². The van der Waals surface area contributed by atoms with Crippen LogP contribution in [0, 0.1) is 5.92 Å². The van der Waals surface area contributed by atoms with Gasteiger partial charge in [0, 0.05) is 25.6 Å². The Balaban J connectivity index is 1.90. The van der Waals surface area contributed by atoms with Crippen LogP contribution in [0.25, 0.3) is 0 Å². The Labute approximate surface area is 191 Å². The Bertz CT molecular complexity index is 1220. The van der Waals surface area contributed by atoms with Crippen molar-refractivity contribution in [1.29, 1.82) is 0 Å². The molecule has 2 atom stereocenters. The highest BCUT2D eigenvalue weighted by Gasteiger charge is 2.37. The molecule has 0 bridgehead atoms. The molecule has 0 aliphatic carbocycles. The number of nitrogens with two attached hydrogens (primary N) is 2. The lowest BCUT2D eigenvalue weighted by molar-refractivity contribution is -0.120. The minimum Gasteiger partial charge on any atom is -0.330 e. The number of nitrogens with one attached hydrogen (secondary N) is 2. The zero-order valence-electron chi connectivity index (χ0n) is 17.8. The van der Waals surface area contributed by atoms with Crippen molar-refractivity contribution in [2.75, 3.05) is 37.7 Å². The van der Waals surface area contributed by atoms with Gasteiger partial charge in [-0.25, -0.2) is 31.7 Å². The molecule has 2 saturated heterocycles.